The summed E-state index contributed by atoms with van der Waals surface area (Å²) in [5, 5.41) is 0. The smallest absolute Gasteiger partial charge is 0.418 e. The maximum absolute atomic E-state index is 12.5. The van der Waals surface area contributed by atoms with Crippen molar-refractivity contribution < 1.29 is 19.1 Å². The molecule has 0 radical (unpaired) electrons. The minimum Gasteiger partial charge on any atom is -0.433 e. The average molecular weight is 322 g/mol. The third kappa shape index (κ3) is 3.52. The van der Waals surface area contributed by atoms with E-state index in [-0.39, 0.29) is 12.5 Å². The van der Waals surface area contributed by atoms with Gasteiger partial charge in [-0.1, -0.05) is 6.92 Å². The van der Waals surface area contributed by atoms with Crippen molar-refractivity contribution in [3.63, 3.8) is 0 Å². The molecule has 23 heavy (non-hydrogen) atoms. The summed E-state index contributed by atoms with van der Waals surface area (Å²) in [6.07, 6.45) is 3.45. The highest BCUT2D eigenvalue weighted by Crippen LogP contribution is 2.23. The number of amides is 3. The Labute approximate surface area is 135 Å². The first kappa shape index (κ1) is 17.0. The Kier molecular flexibility index (Phi) is 4.72. The SMILES string of the molecule is CCCN(Cc1nccn1C)C(=O)CN1C(=O)OC(C)(C)C1=O. The van der Waals surface area contributed by atoms with E-state index in [0.29, 0.717) is 13.1 Å². The molecule has 0 saturated carbocycles. The Morgan fingerprint density at radius 3 is 2.57 bits per heavy atom. The number of carbonyl (C=O) groups is 3. The molecule has 0 bridgehead atoms. The van der Waals surface area contributed by atoms with Crippen LogP contribution in [0.5, 0.6) is 0 Å². The molecule has 8 heteroatoms. The molecule has 0 spiro atoms. The zero-order valence-corrected chi connectivity index (χ0v) is 13.9. The molecular formula is C15H22N4O4. The van der Waals surface area contributed by atoms with E-state index in [4.69, 9.17) is 4.74 Å². The topological polar surface area (TPSA) is 84.7 Å². The zero-order chi connectivity index (χ0) is 17.2. The van der Waals surface area contributed by atoms with Crippen LogP contribution in [0.4, 0.5) is 4.79 Å². The molecule has 2 rings (SSSR count). The highest BCUT2D eigenvalue weighted by Gasteiger charge is 2.47. The van der Waals surface area contributed by atoms with Crippen molar-refractivity contribution >= 4 is 17.9 Å². The fourth-order valence-electron chi connectivity index (χ4n) is 2.38. The third-order valence-corrected chi connectivity index (χ3v) is 3.72. The Hall–Kier alpha value is -2.38. The first-order chi connectivity index (χ1) is 10.8. The largest absolute Gasteiger partial charge is 0.433 e. The van der Waals surface area contributed by atoms with E-state index in [1.54, 1.807) is 17.3 Å². The van der Waals surface area contributed by atoms with Crippen molar-refractivity contribution in [2.24, 2.45) is 7.05 Å². The molecule has 1 aromatic rings. The lowest BCUT2D eigenvalue weighted by molar-refractivity contribution is -0.140. The second-order valence-corrected chi connectivity index (χ2v) is 6.04. The lowest BCUT2D eigenvalue weighted by atomic mass is 10.1. The highest BCUT2D eigenvalue weighted by molar-refractivity contribution is 6.04. The predicted molar refractivity (Wildman–Crippen MR) is 81.2 cm³/mol. The minimum atomic E-state index is -1.22. The highest BCUT2D eigenvalue weighted by atomic mass is 16.6. The first-order valence-corrected chi connectivity index (χ1v) is 7.55. The van der Waals surface area contributed by atoms with Gasteiger partial charge in [0.1, 0.15) is 12.4 Å². The van der Waals surface area contributed by atoms with E-state index in [1.165, 1.54) is 13.8 Å². The van der Waals surface area contributed by atoms with Crippen molar-refractivity contribution in [3.05, 3.63) is 18.2 Å². The number of imide groups is 1. The summed E-state index contributed by atoms with van der Waals surface area (Å²) in [7, 11) is 1.85. The van der Waals surface area contributed by atoms with Crippen LogP contribution in [0.1, 0.15) is 33.0 Å². The number of nitrogens with zero attached hydrogens (tertiary/aromatic N) is 4. The molecule has 2 heterocycles. The number of aryl methyl sites for hydroxylation is 1. The standard InChI is InChI=1S/C15H22N4O4/c1-5-7-18(9-11-16-6-8-17(11)4)12(20)10-19-13(21)15(2,3)23-14(19)22/h6,8H,5,7,9-10H2,1-4H3. The molecule has 3 amide bonds. The molecule has 1 aliphatic rings. The van der Waals surface area contributed by atoms with Crippen LogP contribution in [-0.4, -0.2) is 55.9 Å². The molecule has 1 fully saturated rings. The van der Waals surface area contributed by atoms with E-state index < -0.39 is 17.6 Å². The molecule has 126 valence electrons. The number of hydrogen-bond acceptors (Lipinski definition) is 5. The fourth-order valence-corrected chi connectivity index (χ4v) is 2.38. The Balaban J connectivity index is 2.08. The van der Waals surface area contributed by atoms with Gasteiger partial charge in [0.25, 0.3) is 5.91 Å². The van der Waals surface area contributed by atoms with Crippen LogP contribution in [0, 0.1) is 0 Å². The van der Waals surface area contributed by atoms with Gasteiger partial charge in [-0.3, -0.25) is 9.59 Å². The van der Waals surface area contributed by atoms with Crippen LogP contribution in [0.25, 0.3) is 0 Å². The van der Waals surface area contributed by atoms with Crippen LogP contribution in [-0.2, 0) is 27.9 Å². The van der Waals surface area contributed by atoms with E-state index in [2.05, 4.69) is 4.98 Å². The van der Waals surface area contributed by atoms with Crippen LogP contribution in [0.15, 0.2) is 12.4 Å². The van der Waals surface area contributed by atoms with Gasteiger partial charge in [-0.15, -0.1) is 0 Å². The van der Waals surface area contributed by atoms with Crippen molar-refractivity contribution in [2.45, 2.75) is 39.3 Å². The molecule has 1 aliphatic heterocycles. The molecular weight excluding hydrogens is 300 g/mol. The molecule has 0 atom stereocenters. The number of imidazole rings is 1. The summed E-state index contributed by atoms with van der Waals surface area (Å²) in [5.74, 6) is -0.0652. The summed E-state index contributed by atoms with van der Waals surface area (Å²) < 4.78 is 6.82. The monoisotopic (exact) mass is 322 g/mol. The minimum absolute atomic E-state index is 0.308. The summed E-state index contributed by atoms with van der Waals surface area (Å²) >= 11 is 0. The van der Waals surface area contributed by atoms with E-state index in [9.17, 15) is 14.4 Å². The summed E-state index contributed by atoms with van der Waals surface area (Å²) in [6, 6.07) is 0. The van der Waals surface area contributed by atoms with E-state index in [0.717, 1.165) is 17.1 Å². The second-order valence-electron chi connectivity index (χ2n) is 6.04. The van der Waals surface area contributed by atoms with Gasteiger partial charge in [0.05, 0.1) is 6.54 Å². The van der Waals surface area contributed by atoms with Crippen molar-refractivity contribution in [1.82, 2.24) is 19.4 Å². The lowest BCUT2D eigenvalue weighted by Crippen LogP contribution is -2.44. The summed E-state index contributed by atoms with van der Waals surface area (Å²) in [5.41, 5.74) is -1.22. The number of ether oxygens (including phenoxy) is 1. The first-order valence-electron chi connectivity index (χ1n) is 7.55. The van der Waals surface area contributed by atoms with Gasteiger partial charge >= 0.3 is 6.09 Å². The number of rotatable bonds is 6. The number of aromatic nitrogens is 2. The maximum atomic E-state index is 12.5. The van der Waals surface area contributed by atoms with Gasteiger partial charge in [-0.05, 0) is 20.3 Å². The number of cyclic esters (lactones) is 1. The quantitative estimate of drug-likeness (QED) is 0.777. The van der Waals surface area contributed by atoms with Crippen molar-refractivity contribution in [2.75, 3.05) is 13.1 Å². The Morgan fingerprint density at radius 2 is 2.09 bits per heavy atom. The van der Waals surface area contributed by atoms with E-state index >= 15 is 0 Å². The lowest BCUT2D eigenvalue weighted by Gasteiger charge is -2.23. The Bertz CT molecular complexity index is 623. The molecule has 1 saturated heterocycles. The molecule has 0 aliphatic carbocycles. The van der Waals surface area contributed by atoms with Gasteiger partial charge in [-0.25, -0.2) is 14.7 Å². The number of hydrogen-bond donors (Lipinski definition) is 0. The maximum Gasteiger partial charge on any atom is 0.418 e. The normalized spacial score (nSPS) is 16.6. The van der Waals surface area contributed by atoms with Crippen molar-refractivity contribution in [3.8, 4) is 0 Å². The van der Waals surface area contributed by atoms with Gasteiger partial charge in [0.15, 0.2) is 5.60 Å². The zero-order valence-electron chi connectivity index (χ0n) is 13.9. The second kappa shape index (κ2) is 6.39. The fraction of sp³-hybridized carbons (Fsp3) is 0.600. The molecule has 0 N–H and O–H groups in total. The van der Waals surface area contributed by atoms with Crippen LogP contribution >= 0.6 is 0 Å². The molecule has 8 nitrogen and oxygen atoms in total. The average Bonchev–Trinajstić information content (AvgIpc) is 2.95. The molecule has 0 aromatic carbocycles. The van der Waals surface area contributed by atoms with Crippen LogP contribution in [0.3, 0.4) is 0 Å². The van der Waals surface area contributed by atoms with E-state index in [1.807, 2.05) is 18.5 Å². The van der Waals surface area contributed by atoms with Crippen LogP contribution in [0.2, 0.25) is 0 Å². The summed E-state index contributed by atoms with van der Waals surface area (Å²) in [4.78, 5) is 43.1. The Morgan fingerprint density at radius 1 is 1.39 bits per heavy atom. The predicted octanol–water partition coefficient (Wildman–Crippen LogP) is 0.916. The van der Waals surface area contributed by atoms with Gasteiger partial charge in [-0.2, -0.15) is 0 Å². The molecule has 0 unspecified atom stereocenters. The van der Waals surface area contributed by atoms with Gasteiger partial charge in [0, 0.05) is 26.0 Å². The third-order valence-electron chi connectivity index (χ3n) is 3.72. The summed E-state index contributed by atoms with van der Waals surface area (Å²) in [6.45, 7) is 5.51. The molecule has 1 aromatic heterocycles. The van der Waals surface area contributed by atoms with Gasteiger partial charge < -0.3 is 14.2 Å². The van der Waals surface area contributed by atoms with Crippen LogP contribution < -0.4 is 0 Å². The number of carbonyl (C=O) groups excluding carboxylic acids is 3. The van der Waals surface area contributed by atoms with Gasteiger partial charge in [0.2, 0.25) is 5.91 Å². The van der Waals surface area contributed by atoms with Crippen molar-refractivity contribution in [1.29, 1.82) is 0 Å².